The van der Waals surface area contributed by atoms with Crippen LogP contribution < -0.4 is 0 Å². The Labute approximate surface area is 133 Å². The summed E-state index contributed by atoms with van der Waals surface area (Å²) in [5.74, 6) is 0.112. The molecule has 22 heavy (non-hydrogen) atoms. The fourth-order valence-electron chi connectivity index (χ4n) is 2.79. The molecule has 2 aromatic heterocycles. The van der Waals surface area contributed by atoms with E-state index in [-0.39, 0.29) is 11.8 Å². The number of aromatic amines is 1. The number of aromatic nitrogens is 1. The van der Waals surface area contributed by atoms with Gasteiger partial charge in [0.2, 0.25) is 0 Å². The summed E-state index contributed by atoms with van der Waals surface area (Å²) in [6.07, 6.45) is 0. The van der Waals surface area contributed by atoms with Crippen LogP contribution in [0.5, 0.6) is 0 Å². The molecule has 5 nitrogen and oxygen atoms in total. The summed E-state index contributed by atoms with van der Waals surface area (Å²) in [6.45, 7) is 6.20. The van der Waals surface area contributed by atoms with E-state index >= 15 is 0 Å². The minimum absolute atomic E-state index is 0.0464. The monoisotopic (exact) mass is 317 g/mol. The summed E-state index contributed by atoms with van der Waals surface area (Å²) in [7, 11) is 0. The van der Waals surface area contributed by atoms with Gasteiger partial charge in [-0.2, -0.15) is 0 Å². The molecule has 0 saturated carbocycles. The van der Waals surface area contributed by atoms with Crippen LogP contribution in [-0.2, 0) is 0 Å². The minimum atomic E-state index is 0.0464. The summed E-state index contributed by atoms with van der Waals surface area (Å²) in [5.41, 5.74) is 2.63. The summed E-state index contributed by atoms with van der Waals surface area (Å²) < 4.78 is 0. The molecule has 0 atom stereocenters. The van der Waals surface area contributed by atoms with Crippen molar-refractivity contribution in [3.05, 3.63) is 45.4 Å². The van der Waals surface area contributed by atoms with Crippen molar-refractivity contribution in [3.63, 3.8) is 0 Å². The van der Waals surface area contributed by atoms with Gasteiger partial charge in [-0.3, -0.25) is 9.59 Å². The molecule has 0 unspecified atom stereocenters. The van der Waals surface area contributed by atoms with Crippen LogP contribution in [0.2, 0.25) is 0 Å². The smallest absolute Gasteiger partial charge is 0.264 e. The zero-order valence-electron chi connectivity index (χ0n) is 12.8. The fourth-order valence-corrected chi connectivity index (χ4v) is 3.48. The van der Waals surface area contributed by atoms with Gasteiger partial charge >= 0.3 is 0 Å². The number of hydrogen-bond donors (Lipinski definition) is 1. The Morgan fingerprint density at radius 1 is 1.09 bits per heavy atom. The van der Waals surface area contributed by atoms with E-state index < -0.39 is 0 Å². The minimum Gasteiger partial charge on any atom is -0.362 e. The maximum absolute atomic E-state index is 12.5. The van der Waals surface area contributed by atoms with E-state index in [4.69, 9.17) is 0 Å². The fraction of sp³-hybridized carbons (Fsp3) is 0.375. The molecule has 0 radical (unpaired) electrons. The highest BCUT2D eigenvalue weighted by Gasteiger charge is 2.26. The predicted octanol–water partition coefficient (Wildman–Crippen LogP) is 2.29. The van der Waals surface area contributed by atoms with Crippen LogP contribution >= 0.6 is 11.3 Å². The van der Waals surface area contributed by atoms with E-state index in [0.29, 0.717) is 26.2 Å². The Hall–Kier alpha value is -2.08. The van der Waals surface area contributed by atoms with Crippen molar-refractivity contribution >= 4 is 23.2 Å². The first-order valence-electron chi connectivity index (χ1n) is 7.34. The van der Waals surface area contributed by atoms with Crippen molar-refractivity contribution in [2.24, 2.45) is 0 Å². The van der Waals surface area contributed by atoms with Gasteiger partial charge in [-0.25, -0.2) is 0 Å². The first kappa shape index (κ1) is 14.8. The van der Waals surface area contributed by atoms with Gasteiger partial charge in [0.1, 0.15) is 0 Å². The summed E-state index contributed by atoms with van der Waals surface area (Å²) in [4.78, 5) is 32.4. The van der Waals surface area contributed by atoms with Gasteiger partial charge in [-0.15, -0.1) is 11.3 Å². The summed E-state index contributed by atoms with van der Waals surface area (Å²) >= 11 is 1.46. The van der Waals surface area contributed by atoms with Gasteiger partial charge in [0.05, 0.1) is 10.4 Å². The molecule has 3 heterocycles. The SMILES string of the molecule is Cc1cc(C(=O)N2CCN(C(=O)c3cccs3)CC2)c(C)[nH]1. The second kappa shape index (κ2) is 5.96. The summed E-state index contributed by atoms with van der Waals surface area (Å²) in [5, 5.41) is 1.91. The van der Waals surface area contributed by atoms with Crippen LogP contribution in [0, 0.1) is 13.8 Å². The third-order valence-electron chi connectivity index (χ3n) is 3.97. The molecule has 0 aromatic carbocycles. The lowest BCUT2D eigenvalue weighted by Gasteiger charge is -2.34. The Bertz CT molecular complexity index is 682. The van der Waals surface area contributed by atoms with Gasteiger partial charge in [-0.1, -0.05) is 6.07 Å². The second-order valence-corrected chi connectivity index (χ2v) is 6.50. The number of H-pyrrole nitrogens is 1. The normalized spacial score (nSPS) is 15.2. The maximum Gasteiger partial charge on any atom is 0.264 e. The van der Waals surface area contributed by atoms with Gasteiger partial charge in [-0.05, 0) is 31.4 Å². The number of rotatable bonds is 2. The molecule has 1 aliphatic heterocycles. The molecule has 0 bridgehead atoms. The number of nitrogens with one attached hydrogen (secondary N) is 1. The molecule has 1 saturated heterocycles. The van der Waals surface area contributed by atoms with Crippen molar-refractivity contribution in [1.29, 1.82) is 0 Å². The van der Waals surface area contributed by atoms with Crippen molar-refractivity contribution in [2.75, 3.05) is 26.2 Å². The first-order chi connectivity index (χ1) is 10.6. The lowest BCUT2D eigenvalue weighted by atomic mass is 10.2. The van der Waals surface area contributed by atoms with Gasteiger partial charge < -0.3 is 14.8 Å². The van der Waals surface area contributed by atoms with Crippen LogP contribution in [0.3, 0.4) is 0 Å². The molecule has 116 valence electrons. The predicted molar refractivity (Wildman–Crippen MR) is 86.4 cm³/mol. The Morgan fingerprint density at radius 2 is 1.73 bits per heavy atom. The number of carbonyl (C=O) groups is 2. The number of amides is 2. The number of thiophene rings is 1. The average Bonchev–Trinajstić information content (AvgIpc) is 3.15. The second-order valence-electron chi connectivity index (χ2n) is 5.55. The van der Waals surface area contributed by atoms with Crippen LogP contribution in [0.1, 0.15) is 31.4 Å². The molecule has 2 amide bonds. The van der Waals surface area contributed by atoms with E-state index in [1.54, 1.807) is 0 Å². The quantitative estimate of drug-likeness (QED) is 0.924. The zero-order valence-corrected chi connectivity index (χ0v) is 13.6. The van der Waals surface area contributed by atoms with Crippen molar-refractivity contribution in [2.45, 2.75) is 13.8 Å². The Morgan fingerprint density at radius 3 is 2.23 bits per heavy atom. The number of carbonyl (C=O) groups excluding carboxylic acids is 2. The number of nitrogens with zero attached hydrogens (tertiary/aromatic N) is 2. The number of aryl methyl sites for hydroxylation is 2. The van der Waals surface area contributed by atoms with Gasteiger partial charge in [0.15, 0.2) is 0 Å². The molecule has 6 heteroatoms. The first-order valence-corrected chi connectivity index (χ1v) is 8.22. The zero-order chi connectivity index (χ0) is 15.7. The third kappa shape index (κ3) is 2.78. The van der Waals surface area contributed by atoms with Crippen LogP contribution in [0.25, 0.3) is 0 Å². The van der Waals surface area contributed by atoms with Crippen LogP contribution in [0.15, 0.2) is 23.6 Å². The van der Waals surface area contributed by atoms with E-state index in [0.717, 1.165) is 21.8 Å². The average molecular weight is 317 g/mol. The number of hydrogen-bond acceptors (Lipinski definition) is 3. The molecular weight excluding hydrogens is 298 g/mol. The highest BCUT2D eigenvalue weighted by molar-refractivity contribution is 7.12. The van der Waals surface area contributed by atoms with Crippen molar-refractivity contribution in [3.8, 4) is 0 Å². The van der Waals surface area contributed by atoms with Crippen LogP contribution in [-0.4, -0.2) is 52.8 Å². The van der Waals surface area contributed by atoms with Gasteiger partial charge in [0, 0.05) is 37.6 Å². The molecule has 0 spiro atoms. The van der Waals surface area contributed by atoms with Crippen molar-refractivity contribution < 1.29 is 9.59 Å². The van der Waals surface area contributed by atoms with E-state index in [1.807, 2.05) is 47.2 Å². The highest BCUT2D eigenvalue weighted by Crippen LogP contribution is 2.17. The van der Waals surface area contributed by atoms with E-state index in [9.17, 15) is 9.59 Å². The third-order valence-corrected chi connectivity index (χ3v) is 4.82. The standard InChI is InChI=1S/C16H19N3O2S/c1-11-10-13(12(2)17-11)15(20)18-5-7-19(8-6-18)16(21)14-4-3-9-22-14/h3-4,9-10,17H,5-8H2,1-2H3. The Kier molecular flexibility index (Phi) is 4.02. The van der Waals surface area contributed by atoms with Crippen LogP contribution in [0.4, 0.5) is 0 Å². The van der Waals surface area contributed by atoms with E-state index in [2.05, 4.69) is 4.98 Å². The van der Waals surface area contributed by atoms with Gasteiger partial charge in [0.25, 0.3) is 11.8 Å². The topological polar surface area (TPSA) is 56.4 Å². The molecular formula is C16H19N3O2S. The maximum atomic E-state index is 12.5. The van der Waals surface area contributed by atoms with Crippen molar-refractivity contribution in [1.82, 2.24) is 14.8 Å². The largest absolute Gasteiger partial charge is 0.362 e. The lowest BCUT2D eigenvalue weighted by Crippen LogP contribution is -2.50. The molecule has 2 aromatic rings. The molecule has 1 N–H and O–H groups in total. The molecule has 0 aliphatic carbocycles. The lowest BCUT2D eigenvalue weighted by molar-refractivity contribution is 0.0537. The highest BCUT2D eigenvalue weighted by atomic mass is 32.1. The summed E-state index contributed by atoms with van der Waals surface area (Å²) in [6, 6.07) is 5.62. The molecule has 1 aliphatic rings. The molecule has 1 fully saturated rings. The Balaban J connectivity index is 1.63. The molecule has 3 rings (SSSR count). The number of piperazine rings is 1. The van der Waals surface area contributed by atoms with E-state index in [1.165, 1.54) is 11.3 Å².